The molecule has 26 heavy (non-hydrogen) atoms. The Bertz CT molecular complexity index is 835. The second-order valence-electron chi connectivity index (χ2n) is 5.58. The Kier molecular flexibility index (Phi) is 6.90. The first-order chi connectivity index (χ1) is 12.4. The van der Waals surface area contributed by atoms with Crippen LogP contribution in [0, 0.1) is 6.92 Å². The number of benzene rings is 1. The molecule has 1 atom stereocenters. The molecule has 1 heterocycles. The van der Waals surface area contributed by atoms with Crippen LogP contribution >= 0.6 is 11.8 Å². The van der Waals surface area contributed by atoms with Gasteiger partial charge in [0.15, 0.2) is 5.16 Å². The summed E-state index contributed by atoms with van der Waals surface area (Å²) in [5, 5.41) is 10.5. The van der Waals surface area contributed by atoms with Gasteiger partial charge in [-0.15, -0.1) is 10.2 Å². The average molecular weight is 376 g/mol. The molecule has 1 aromatic heterocycles. The zero-order valence-electron chi connectivity index (χ0n) is 14.7. The Morgan fingerprint density at radius 3 is 2.58 bits per heavy atom. The number of hydrogen-bond acceptors (Lipinski definition) is 7. The number of amides is 1. The van der Waals surface area contributed by atoms with Crippen molar-refractivity contribution in [1.29, 1.82) is 0 Å². The minimum Gasteiger partial charge on any atom is -0.459 e. The smallest absolute Gasteiger partial charge is 0.338 e. The molecule has 9 heteroatoms. The normalized spacial score (nSPS) is 11.7. The van der Waals surface area contributed by atoms with Gasteiger partial charge < -0.3 is 10.1 Å². The summed E-state index contributed by atoms with van der Waals surface area (Å²) in [6.07, 6.45) is 0.601. The van der Waals surface area contributed by atoms with Crippen LogP contribution in [0.15, 0.2) is 34.2 Å². The maximum atomic E-state index is 12.0. The summed E-state index contributed by atoms with van der Waals surface area (Å²) in [5.74, 6) is -0.603. The SMILES string of the molecule is CC[C@H](C)OC(=O)c1ccc(NC(=O)CSc2nnc(C)c(=O)[nH]2)cc1. The van der Waals surface area contributed by atoms with E-state index in [-0.39, 0.29) is 34.2 Å². The third-order valence-corrected chi connectivity index (χ3v) is 4.33. The second-order valence-corrected chi connectivity index (χ2v) is 6.55. The molecule has 0 unspecified atom stereocenters. The van der Waals surface area contributed by atoms with Gasteiger partial charge in [0.2, 0.25) is 5.91 Å². The molecular weight excluding hydrogens is 356 g/mol. The molecule has 0 saturated carbocycles. The van der Waals surface area contributed by atoms with Crippen molar-refractivity contribution in [2.24, 2.45) is 0 Å². The monoisotopic (exact) mass is 376 g/mol. The Hall–Kier alpha value is -2.68. The fourth-order valence-corrected chi connectivity index (χ4v) is 2.40. The molecule has 2 rings (SSSR count). The Morgan fingerprint density at radius 2 is 1.96 bits per heavy atom. The third-order valence-electron chi connectivity index (χ3n) is 3.47. The van der Waals surface area contributed by atoms with Crippen molar-refractivity contribution in [2.45, 2.75) is 38.5 Å². The van der Waals surface area contributed by atoms with Crippen molar-refractivity contribution in [2.75, 3.05) is 11.1 Å². The van der Waals surface area contributed by atoms with Crippen LogP contribution in [0.5, 0.6) is 0 Å². The number of aromatic amines is 1. The molecule has 0 aliphatic heterocycles. The molecule has 1 aromatic carbocycles. The summed E-state index contributed by atoms with van der Waals surface area (Å²) < 4.78 is 5.24. The number of rotatable bonds is 7. The highest BCUT2D eigenvalue weighted by Gasteiger charge is 2.11. The van der Waals surface area contributed by atoms with Crippen molar-refractivity contribution >= 4 is 29.3 Å². The van der Waals surface area contributed by atoms with E-state index in [0.717, 1.165) is 18.2 Å². The molecule has 2 aromatic rings. The lowest BCUT2D eigenvalue weighted by molar-refractivity contribution is -0.113. The van der Waals surface area contributed by atoms with Crippen LogP contribution in [0.2, 0.25) is 0 Å². The van der Waals surface area contributed by atoms with Gasteiger partial charge in [0.1, 0.15) is 5.69 Å². The number of anilines is 1. The van der Waals surface area contributed by atoms with Crippen molar-refractivity contribution in [3.8, 4) is 0 Å². The third kappa shape index (κ3) is 5.69. The van der Waals surface area contributed by atoms with Crippen LogP contribution in [0.4, 0.5) is 5.69 Å². The van der Waals surface area contributed by atoms with Gasteiger partial charge in [-0.3, -0.25) is 14.6 Å². The van der Waals surface area contributed by atoms with E-state index in [4.69, 9.17) is 4.74 Å². The van der Waals surface area contributed by atoms with Gasteiger partial charge in [0.25, 0.3) is 5.56 Å². The van der Waals surface area contributed by atoms with E-state index in [1.165, 1.54) is 0 Å². The van der Waals surface area contributed by atoms with E-state index in [0.29, 0.717) is 11.3 Å². The van der Waals surface area contributed by atoms with Crippen LogP contribution in [-0.4, -0.2) is 38.9 Å². The maximum Gasteiger partial charge on any atom is 0.338 e. The lowest BCUT2D eigenvalue weighted by atomic mass is 10.2. The number of H-pyrrole nitrogens is 1. The van der Waals surface area contributed by atoms with Crippen LogP contribution in [0.3, 0.4) is 0 Å². The number of carbonyl (C=O) groups is 2. The Morgan fingerprint density at radius 1 is 1.27 bits per heavy atom. The molecule has 8 nitrogen and oxygen atoms in total. The topological polar surface area (TPSA) is 114 Å². The number of aromatic nitrogens is 3. The molecule has 2 N–H and O–H groups in total. The van der Waals surface area contributed by atoms with E-state index in [9.17, 15) is 14.4 Å². The first-order valence-corrected chi connectivity index (χ1v) is 9.05. The fraction of sp³-hybridized carbons (Fsp3) is 0.353. The highest BCUT2D eigenvalue weighted by molar-refractivity contribution is 7.99. The molecular formula is C17H20N4O4S. The molecule has 0 bridgehead atoms. The lowest BCUT2D eigenvalue weighted by Crippen LogP contribution is -2.17. The number of hydrogen-bond donors (Lipinski definition) is 2. The first kappa shape index (κ1) is 19.6. The second kappa shape index (κ2) is 9.14. The van der Waals surface area contributed by atoms with Gasteiger partial charge in [-0.2, -0.15) is 0 Å². The highest BCUT2D eigenvalue weighted by atomic mass is 32.2. The van der Waals surface area contributed by atoms with Crippen LogP contribution in [0.25, 0.3) is 0 Å². The minimum atomic E-state index is -0.394. The highest BCUT2D eigenvalue weighted by Crippen LogP contribution is 2.14. The number of thioether (sulfide) groups is 1. The van der Waals surface area contributed by atoms with Crippen LogP contribution in [0.1, 0.15) is 36.3 Å². The molecule has 0 aliphatic carbocycles. The van der Waals surface area contributed by atoms with Crippen molar-refractivity contribution in [1.82, 2.24) is 15.2 Å². The number of esters is 1. The fourth-order valence-electron chi connectivity index (χ4n) is 1.80. The van der Waals surface area contributed by atoms with Crippen molar-refractivity contribution in [3.05, 3.63) is 45.9 Å². The number of nitrogens with zero attached hydrogens (tertiary/aromatic N) is 2. The molecule has 0 fully saturated rings. The molecule has 138 valence electrons. The van der Waals surface area contributed by atoms with Gasteiger partial charge in [0.05, 0.1) is 17.4 Å². The van der Waals surface area contributed by atoms with E-state index in [1.807, 2.05) is 13.8 Å². The summed E-state index contributed by atoms with van der Waals surface area (Å²) in [6, 6.07) is 6.44. The van der Waals surface area contributed by atoms with Crippen LogP contribution < -0.4 is 10.9 Å². The predicted molar refractivity (Wildman–Crippen MR) is 98.4 cm³/mol. The summed E-state index contributed by atoms with van der Waals surface area (Å²) in [5.41, 5.74) is 0.915. The zero-order valence-corrected chi connectivity index (χ0v) is 15.6. The van der Waals surface area contributed by atoms with Gasteiger partial charge in [-0.1, -0.05) is 18.7 Å². The van der Waals surface area contributed by atoms with Gasteiger partial charge in [0, 0.05) is 5.69 Å². The van der Waals surface area contributed by atoms with E-state index in [1.54, 1.807) is 31.2 Å². The predicted octanol–water partition coefficient (Wildman–Crippen LogP) is 2.16. The number of ether oxygens (including phenoxy) is 1. The Labute approximate surface area is 154 Å². The minimum absolute atomic E-state index is 0.0610. The summed E-state index contributed by atoms with van der Waals surface area (Å²) >= 11 is 1.07. The van der Waals surface area contributed by atoms with Crippen LogP contribution in [-0.2, 0) is 9.53 Å². The quantitative estimate of drug-likeness (QED) is 0.562. The summed E-state index contributed by atoms with van der Waals surface area (Å²) in [4.78, 5) is 37.9. The maximum absolute atomic E-state index is 12.0. The zero-order chi connectivity index (χ0) is 19.1. The number of nitrogens with one attached hydrogen (secondary N) is 2. The standard InChI is InChI=1S/C17H20N4O4S/c1-4-10(2)25-16(24)12-5-7-13(8-6-12)18-14(22)9-26-17-19-15(23)11(3)20-21-17/h5-8,10H,4,9H2,1-3H3,(H,18,22)(H,19,21,23)/t10-/m0/s1. The van der Waals surface area contributed by atoms with E-state index < -0.39 is 5.97 Å². The van der Waals surface area contributed by atoms with E-state index >= 15 is 0 Å². The molecule has 0 aliphatic rings. The average Bonchev–Trinajstić information content (AvgIpc) is 2.63. The first-order valence-electron chi connectivity index (χ1n) is 8.06. The number of carbonyl (C=O) groups excluding carboxylic acids is 2. The van der Waals surface area contributed by atoms with Crippen molar-refractivity contribution < 1.29 is 14.3 Å². The number of aryl methyl sites for hydroxylation is 1. The largest absolute Gasteiger partial charge is 0.459 e. The summed E-state index contributed by atoms with van der Waals surface area (Å²) in [7, 11) is 0. The molecule has 0 spiro atoms. The van der Waals surface area contributed by atoms with E-state index in [2.05, 4.69) is 20.5 Å². The summed E-state index contributed by atoms with van der Waals surface area (Å²) in [6.45, 7) is 5.32. The van der Waals surface area contributed by atoms with Gasteiger partial charge >= 0.3 is 5.97 Å². The molecule has 0 saturated heterocycles. The molecule has 1 amide bonds. The van der Waals surface area contributed by atoms with Gasteiger partial charge in [-0.05, 0) is 44.5 Å². The lowest BCUT2D eigenvalue weighted by Gasteiger charge is -2.11. The molecule has 0 radical (unpaired) electrons. The van der Waals surface area contributed by atoms with Gasteiger partial charge in [-0.25, -0.2) is 4.79 Å². The van der Waals surface area contributed by atoms with Crippen molar-refractivity contribution in [3.63, 3.8) is 0 Å². The Balaban J connectivity index is 1.87.